The lowest BCUT2D eigenvalue weighted by molar-refractivity contribution is -0.187. The van der Waals surface area contributed by atoms with Gasteiger partial charge in [0.15, 0.2) is 5.41 Å². The summed E-state index contributed by atoms with van der Waals surface area (Å²) in [5, 5.41) is 9.26. The highest BCUT2D eigenvalue weighted by Gasteiger charge is 2.51. The fourth-order valence-corrected chi connectivity index (χ4v) is 1.73. The van der Waals surface area contributed by atoms with E-state index in [9.17, 15) is 14.7 Å². The topological polar surface area (TPSA) is 98.9 Å². The summed E-state index contributed by atoms with van der Waals surface area (Å²) in [4.78, 5) is 23.3. The summed E-state index contributed by atoms with van der Waals surface area (Å²) in [5.74, 6) is -1.94. The molecule has 0 amide bonds. The largest absolute Gasteiger partial charge is 0.480 e. The average Bonchev–Trinajstić information content (AvgIpc) is 2.14. The lowest BCUT2D eigenvalue weighted by atomic mass is 9.79. The van der Waals surface area contributed by atoms with Gasteiger partial charge in [-0.25, -0.2) is 0 Å². The second-order valence-corrected chi connectivity index (χ2v) is 5.25. The van der Waals surface area contributed by atoms with Crippen molar-refractivity contribution in [1.82, 2.24) is 0 Å². The molecule has 3 N–H and O–H groups in total. The zero-order valence-electron chi connectivity index (χ0n) is 10.4. The summed E-state index contributed by atoms with van der Waals surface area (Å²) < 4.78 is 10.2. The molecule has 2 unspecified atom stereocenters. The molecule has 0 aromatic heterocycles. The fourth-order valence-electron chi connectivity index (χ4n) is 1.73. The maximum atomic E-state index is 12.0. The van der Waals surface area contributed by atoms with Gasteiger partial charge in [-0.2, -0.15) is 0 Å². The molecule has 0 saturated carbocycles. The normalized spacial score (nSPS) is 29.8. The van der Waals surface area contributed by atoms with Crippen LogP contribution in [0, 0.1) is 5.41 Å². The molecule has 1 rings (SSSR count). The van der Waals surface area contributed by atoms with Crippen LogP contribution in [0.1, 0.15) is 33.6 Å². The zero-order chi connectivity index (χ0) is 13.3. The number of aliphatic carboxylic acids is 1. The first-order valence-corrected chi connectivity index (χ1v) is 5.51. The van der Waals surface area contributed by atoms with Crippen LogP contribution in [0.3, 0.4) is 0 Å². The van der Waals surface area contributed by atoms with Gasteiger partial charge >= 0.3 is 11.9 Å². The monoisotopic (exact) mass is 245 g/mol. The van der Waals surface area contributed by atoms with Crippen molar-refractivity contribution < 1.29 is 24.2 Å². The van der Waals surface area contributed by atoms with Gasteiger partial charge in [-0.15, -0.1) is 0 Å². The third-order valence-electron chi connectivity index (χ3n) is 2.61. The molecule has 1 aliphatic rings. The minimum Gasteiger partial charge on any atom is -0.480 e. The van der Waals surface area contributed by atoms with Gasteiger partial charge in [0.1, 0.15) is 11.8 Å². The Labute approximate surface area is 100 Å². The molecule has 0 radical (unpaired) electrons. The van der Waals surface area contributed by atoms with Crippen LogP contribution in [-0.4, -0.2) is 35.5 Å². The molecule has 0 aromatic rings. The number of hydrogen-bond acceptors (Lipinski definition) is 5. The van der Waals surface area contributed by atoms with Crippen LogP contribution >= 0.6 is 0 Å². The molecule has 2 atom stereocenters. The van der Waals surface area contributed by atoms with Crippen LogP contribution in [0.2, 0.25) is 0 Å². The van der Waals surface area contributed by atoms with Crippen molar-refractivity contribution in [2.45, 2.75) is 45.4 Å². The summed E-state index contributed by atoms with van der Waals surface area (Å²) in [6.07, 6.45) is -0.713. The molecule has 6 nitrogen and oxygen atoms in total. The Hall–Kier alpha value is -1.14. The summed E-state index contributed by atoms with van der Waals surface area (Å²) in [6.45, 7) is 5.23. The van der Waals surface area contributed by atoms with Crippen LogP contribution in [-0.2, 0) is 19.1 Å². The van der Waals surface area contributed by atoms with Crippen molar-refractivity contribution in [3.8, 4) is 0 Å². The van der Waals surface area contributed by atoms with Crippen molar-refractivity contribution in [3.63, 3.8) is 0 Å². The van der Waals surface area contributed by atoms with E-state index in [-0.39, 0.29) is 19.4 Å². The Morgan fingerprint density at radius 1 is 1.47 bits per heavy atom. The third-order valence-corrected chi connectivity index (χ3v) is 2.61. The quantitative estimate of drug-likeness (QED) is 0.542. The summed E-state index contributed by atoms with van der Waals surface area (Å²) in [5.41, 5.74) is 3.26. The average molecular weight is 245 g/mol. The van der Waals surface area contributed by atoms with Gasteiger partial charge in [-0.05, 0) is 27.2 Å². The number of carbonyl (C=O) groups excluding carboxylic acids is 1. The molecule has 1 heterocycles. The molecule has 1 aliphatic heterocycles. The Morgan fingerprint density at radius 2 is 2.06 bits per heavy atom. The molecule has 6 heteroatoms. The van der Waals surface area contributed by atoms with Crippen LogP contribution in [0.5, 0.6) is 0 Å². The lowest BCUT2D eigenvalue weighted by Gasteiger charge is -2.36. The Bertz CT molecular complexity index is 322. The van der Waals surface area contributed by atoms with Gasteiger partial charge in [0.2, 0.25) is 0 Å². The maximum Gasteiger partial charge on any atom is 0.324 e. The predicted molar refractivity (Wildman–Crippen MR) is 59.1 cm³/mol. The summed E-state index contributed by atoms with van der Waals surface area (Å²) in [6, 6.07) is 0. The molecular formula is C11H19NO5. The number of carboxylic acid groups (broad SMARTS) is 1. The first kappa shape index (κ1) is 13.9. The maximum absolute atomic E-state index is 12.0. The van der Waals surface area contributed by atoms with Gasteiger partial charge < -0.3 is 20.3 Å². The highest BCUT2D eigenvalue weighted by atomic mass is 16.6. The lowest BCUT2D eigenvalue weighted by Crippen LogP contribution is -2.51. The van der Waals surface area contributed by atoms with E-state index >= 15 is 0 Å². The fraction of sp³-hybridized carbons (Fsp3) is 0.818. The third kappa shape index (κ3) is 3.17. The summed E-state index contributed by atoms with van der Waals surface area (Å²) in [7, 11) is 0. The van der Waals surface area contributed by atoms with E-state index in [0.717, 1.165) is 0 Å². The number of rotatable bonds is 2. The smallest absolute Gasteiger partial charge is 0.324 e. The zero-order valence-corrected chi connectivity index (χ0v) is 10.4. The number of hydrogen-bond donors (Lipinski definition) is 2. The van der Waals surface area contributed by atoms with Crippen molar-refractivity contribution in [2.24, 2.45) is 11.1 Å². The summed E-state index contributed by atoms with van der Waals surface area (Å²) >= 11 is 0. The van der Waals surface area contributed by atoms with Crippen LogP contribution in [0.25, 0.3) is 0 Å². The number of carboxylic acids is 1. The van der Waals surface area contributed by atoms with Gasteiger partial charge in [0.25, 0.3) is 0 Å². The van der Waals surface area contributed by atoms with Gasteiger partial charge in [-0.1, -0.05) is 0 Å². The van der Waals surface area contributed by atoms with Crippen molar-refractivity contribution in [3.05, 3.63) is 0 Å². The molecule has 0 spiro atoms. The molecular weight excluding hydrogens is 226 g/mol. The second-order valence-electron chi connectivity index (χ2n) is 5.25. The molecule has 1 saturated heterocycles. The number of carbonyl (C=O) groups is 2. The predicted octanol–water partition coefficient (Wildman–Crippen LogP) is 0.494. The van der Waals surface area contributed by atoms with Crippen molar-refractivity contribution in [1.29, 1.82) is 0 Å². The van der Waals surface area contributed by atoms with Gasteiger partial charge in [-0.3, -0.25) is 9.59 Å². The van der Waals surface area contributed by atoms with Crippen LogP contribution in [0.15, 0.2) is 0 Å². The van der Waals surface area contributed by atoms with E-state index in [2.05, 4.69) is 0 Å². The minimum absolute atomic E-state index is 0.0583. The van der Waals surface area contributed by atoms with Crippen LogP contribution in [0.4, 0.5) is 0 Å². The second kappa shape index (κ2) is 4.62. The SMILES string of the molecule is CC(C)(C)OC(=O)C1(C(=O)O)CCOC(N)C1. The molecule has 1 fully saturated rings. The Kier molecular flexibility index (Phi) is 3.78. The standard InChI is InChI=1S/C11H19NO5/c1-10(2,3)17-9(15)11(8(13)14)4-5-16-7(12)6-11/h7H,4-6,12H2,1-3H3,(H,13,14). The number of nitrogens with two attached hydrogens (primary N) is 1. The Morgan fingerprint density at radius 3 is 2.47 bits per heavy atom. The van der Waals surface area contributed by atoms with E-state index in [1.54, 1.807) is 20.8 Å². The molecule has 0 aliphatic carbocycles. The highest BCUT2D eigenvalue weighted by molar-refractivity contribution is 5.99. The van der Waals surface area contributed by atoms with E-state index in [0.29, 0.717) is 0 Å². The van der Waals surface area contributed by atoms with Crippen molar-refractivity contribution in [2.75, 3.05) is 6.61 Å². The molecule has 0 aromatic carbocycles. The van der Waals surface area contributed by atoms with Gasteiger partial charge in [0.05, 0.1) is 6.61 Å². The number of ether oxygens (including phenoxy) is 2. The first-order valence-electron chi connectivity index (χ1n) is 5.51. The van der Waals surface area contributed by atoms with Crippen LogP contribution < -0.4 is 5.73 Å². The van der Waals surface area contributed by atoms with Crippen molar-refractivity contribution >= 4 is 11.9 Å². The number of esters is 1. The van der Waals surface area contributed by atoms with E-state index < -0.39 is 29.2 Å². The molecule has 0 bridgehead atoms. The highest BCUT2D eigenvalue weighted by Crippen LogP contribution is 2.35. The molecule has 98 valence electrons. The van der Waals surface area contributed by atoms with E-state index in [1.165, 1.54) is 0 Å². The van der Waals surface area contributed by atoms with E-state index in [4.69, 9.17) is 15.2 Å². The first-order chi connectivity index (χ1) is 7.67. The van der Waals surface area contributed by atoms with Gasteiger partial charge in [0, 0.05) is 6.42 Å². The molecule has 17 heavy (non-hydrogen) atoms. The van der Waals surface area contributed by atoms with E-state index in [1.807, 2.05) is 0 Å². The Balaban J connectivity index is 2.92. The minimum atomic E-state index is -1.58.